The van der Waals surface area contributed by atoms with Gasteiger partial charge in [-0.3, -0.25) is 0 Å². The number of nitrogens with two attached hydrogens (primary N) is 1. The first kappa shape index (κ1) is 16.3. The van der Waals surface area contributed by atoms with Gasteiger partial charge in [0.1, 0.15) is 11.4 Å². The molecule has 1 aromatic carbocycles. The van der Waals surface area contributed by atoms with Crippen molar-refractivity contribution in [1.29, 1.82) is 0 Å². The average molecular weight is 280 g/mol. The number of nitrogens with one attached hydrogen (secondary N) is 1. The maximum Gasteiger partial charge on any atom is 0.407 e. The summed E-state index contributed by atoms with van der Waals surface area (Å²) in [6.07, 6.45) is 0.238. The van der Waals surface area contributed by atoms with Gasteiger partial charge in [0.15, 0.2) is 0 Å². The van der Waals surface area contributed by atoms with Crippen molar-refractivity contribution in [3.05, 3.63) is 29.8 Å². The Morgan fingerprint density at radius 1 is 1.30 bits per heavy atom. The van der Waals surface area contributed by atoms with Gasteiger partial charge in [0.05, 0.1) is 7.11 Å². The molecule has 3 N–H and O–H groups in total. The molecule has 112 valence electrons. The number of carbonyl (C=O) groups excluding carboxylic acids is 1. The fourth-order valence-corrected chi connectivity index (χ4v) is 1.67. The van der Waals surface area contributed by atoms with E-state index in [1.807, 2.05) is 45.0 Å². The zero-order valence-corrected chi connectivity index (χ0v) is 12.6. The number of ether oxygens (including phenoxy) is 2. The lowest BCUT2D eigenvalue weighted by atomic mass is 10.1. The molecule has 0 saturated heterocycles. The van der Waals surface area contributed by atoms with E-state index in [1.54, 1.807) is 7.11 Å². The minimum atomic E-state index is -0.496. The van der Waals surface area contributed by atoms with E-state index in [-0.39, 0.29) is 6.04 Å². The lowest BCUT2D eigenvalue weighted by Crippen LogP contribution is -2.41. The summed E-state index contributed by atoms with van der Waals surface area (Å²) < 4.78 is 10.2. The van der Waals surface area contributed by atoms with Crippen molar-refractivity contribution in [1.82, 2.24) is 5.32 Å². The number of methoxy groups -OCH3 is 1. The average Bonchev–Trinajstić information content (AvgIpc) is 2.35. The summed E-state index contributed by atoms with van der Waals surface area (Å²) in [7, 11) is 1.63. The molecule has 0 bridgehead atoms. The van der Waals surface area contributed by atoms with Crippen LogP contribution in [0.5, 0.6) is 5.75 Å². The van der Waals surface area contributed by atoms with E-state index in [2.05, 4.69) is 5.32 Å². The summed E-state index contributed by atoms with van der Waals surface area (Å²) in [5.74, 6) is 0.814. The molecular weight excluding hydrogens is 256 g/mol. The minimum Gasteiger partial charge on any atom is -0.497 e. The second kappa shape index (κ2) is 7.14. The molecule has 1 aromatic rings. The van der Waals surface area contributed by atoms with Gasteiger partial charge >= 0.3 is 6.09 Å². The molecule has 0 radical (unpaired) electrons. The molecule has 0 aliphatic heterocycles. The van der Waals surface area contributed by atoms with Gasteiger partial charge in [0.25, 0.3) is 0 Å². The number of rotatable bonds is 5. The number of carbonyl (C=O) groups is 1. The van der Waals surface area contributed by atoms with E-state index in [9.17, 15) is 4.79 Å². The minimum absolute atomic E-state index is 0.157. The fourth-order valence-electron chi connectivity index (χ4n) is 1.67. The van der Waals surface area contributed by atoms with Crippen LogP contribution < -0.4 is 15.8 Å². The molecule has 5 heteroatoms. The number of amides is 1. The second-order valence-corrected chi connectivity index (χ2v) is 5.70. The first-order valence-corrected chi connectivity index (χ1v) is 6.65. The summed E-state index contributed by atoms with van der Waals surface area (Å²) in [5, 5.41) is 2.67. The van der Waals surface area contributed by atoms with Crippen LogP contribution in [0.25, 0.3) is 0 Å². The third kappa shape index (κ3) is 6.43. The van der Waals surface area contributed by atoms with Gasteiger partial charge in [-0.25, -0.2) is 4.79 Å². The van der Waals surface area contributed by atoms with Crippen LogP contribution in [-0.4, -0.2) is 31.4 Å². The Balaban J connectivity index is 2.36. The molecule has 0 aliphatic rings. The topological polar surface area (TPSA) is 73.6 Å². The molecule has 20 heavy (non-hydrogen) atoms. The van der Waals surface area contributed by atoms with E-state index in [0.29, 0.717) is 13.0 Å². The first-order valence-electron chi connectivity index (χ1n) is 6.65. The number of benzene rings is 1. The molecule has 0 aromatic heterocycles. The van der Waals surface area contributed by atoms with Crippen molar-refractivity contribution < 1.29 is 14.3 Å². The van der Waals surface area contributed by atoms with Crippen molar-refractivity contribution in [2.75, 3.05) is 13.7 Å². The fraction of sp³-hybridized carbons (Fsp3) is 0.533. The molecule has 1 unspecified atom stereocenters. The largest absolute Gasteiger partial charge is 0.497 e. The van der Waals surface area contributed by atoms with Crippen LogP contribution in [0.15, 0.2) is 24.3 Å². The van der Waals surface area contributed by atoms with Crippen molar-refractivity contribution in [2.45, 2.75) is 38.8 Å². The van der Waals surface area contributed by atoms with Crippen LogP contribution in [-0.2, 0) is 11.2 Å². The van der Waals surface area contributed by atoms with Gasteiger partial charge in [0.2, 0.25) is 0 Å². The molecule has 0 spiro atoms. The first-order chi connectivity index (χ1) is 9.30. The van der Waals surface area contributed by atoms with Crippen LogP contribution in [0.3, 0.4) is 0 Å². The van der Waals surface area contributed by atoms with Crippen LogP contribution in [0.2, 0.25) is 0 Å². The van der Waals surface area contributed by atoms with Gasteiger partial charge in [-0.15, -0.1) is 0 Å². The Hall–Kier alpha value is -1.75. The Morgan fingerprint density at radius 3 is 2.40 bits per heavy atom. The molecule has 0 saturated carbocycles. The van der Waals surface area contributed by atoms with Crippen LogP contribution in [0.1, 0.15) is 26.3 Å². The molecular formula is C15H24N2O3. The Bertz CT molecular complexity index is 424. The Morgan fingerprint density at radius 2 is 1.90 bits per heavy atom. The molecule has 0 fully saturated rings. The maximum atomic E-state index is 11.5. The number of hydrogen-bond acceptors (Lipinski definition) is 4. The highest BCUT2D eigenvalue weighted by Gasteiger charge is 2.16. The van der Waals surface area contributed by atoms with Crippen LogP contribution in [0.4, 0.5) is 4.79 Å². The van der Waals surface area contributed by atoms with Crippen molar-refractivity contribution in [2.24, 2.45) is 5.73 Å². The Kier molecular flexibility index (Phi) is 5.82. The summed E-state index contributed by atoms with van der Waals surface area (Å²) in [5.41, 5.74) is 6.59. The molecule has 0 aliphatic carbocycles. The van der Waals surface area contributed by atoms with Crippen molar-refractivity contribution in [3.63, 3.8) is 0 Å². The predicted octanol–water partition coefficient (Wildman–Crippen LogP) is 2.09. The summed E-state index contributed by atoms with van der Waals surface area (Å²) in [6, 6.07) is 7.56. The van der Waals surface area contributed by atoms with E-state index < -0.39 is 11.7 Å². The Labute approximate surface area is 120 Å². The summed E-state index contributed by atoms with van der Waals surface area (Å²) in [4.78, 5) is 11.5. The van der Waals surface area contributed by atoms with Gasteiger partial charge in [-0.1, -0.05) is 12.1 Å². The highest BCUT2D eigenvalue weighted by Crippen LogP contribution is 2.12. The van der Waals surface area contributed by atoms with Gasteiger partial charge in [-0.2, -0.15) is 0 Å². The lowest BCUT2D eigenvalue weighted by molar-refractivity contribution is 0.0524. The van der Waals surface area contributed by atoms with Crippen LogP contribution >= 0.6 is 0 Å². The molecule has 5 nitrogen and oxygen atoms in total. The SMILES string of the molecule is COc1ccc(CC(N)CNC(=O)OC(C)(C)C)cc1. The van der Waals surface area contributed by atoms with Gasteiger partial charge in [-0.05, 0) is 44.9 Å². The number of hydrogen-bond donors (Lipinski definition) is 2. The monoisotopic (exact) mass is 280 g/mol. The van der Waals surface area contributed by atoms with E-state index in [1.165, 1.54) is 0 Å². The predicted molar refractivity (Wildman–Crippen MR) is 78.9 cm³/mol. The quantitative estimate of drug-likeness (QED) is 0.866. The number of alkyl carbamates (subject to hydrolysis) is 1. The van der Waals surface area contributed by atoms with Crippen LogP contribution in [0, 0.1) is 0 Å². The molecule has 1 atom stereocenters. The zero-order valence-electron chi connectivity index (χ0n) is 12.6. The van der Waals surface area contributed by atoms with E-state index in [0.717, 1.165) is 11.3 Å². The van der Waals surface area contributed by atoms with Gasteiger partial charge in [0, 0.05) is 12.6 Å². The van der Waals surface area contributed by atoms with E-state index >= 15 is 0 Å². The summed E-state index contributed by atoms with van der Waals surface area (Å²) in [6.45, 7) is 5.85. The maximum absolute atomic E-state index is 11.5. The standard InChI is InChI=1S/C15H24N2O3/c1-15(2,3)20-14(18)17-10-12(16)9-11-5-7-13(19-4)8-6-11/h5-8,12H,9-10,16H2,1-4H3,(H,17,18). The smallest absolute Gasteiger partial charge is 0.407 e. The third-order valence-electron chi connectivity index (χ3n) is 2.56. The molecule has 1 amide bonds. The highest BCUT2D eigenvalue weighted by molar-refractivity contribution is 5.67. The molecule has 0 heterocycles. The molecule has 1 rings (SSSR count). The lowest BCUT2D eigenvalue weighted by Gasteiger charge is -2.20. The van der Waals surface area contributed by atoms with Crippen molar-refractivity contribution in [3.8, 4) is 5.75 Å². The third-order valence-corrected chi connectivity index (χ3v) is 2.56. The van der Waals surface area contributed by atoms with Gasteiger partial charge < -0.3 is 20.5 Å². The van der Waals surface area contributed by atoms with Crippen molar-refractivity contribution >= 4 is 6.09 Å². The highest BCUT2D eigenvalue weighted by atomic mass is 16.6. The normalized spacial score (nSPS) is 12.7. The van der Waals surface area contributed by atoms with E-state index in [4.69, 9.17) is 15.2 Å². The zero-order chi connectivity index (χ0) is 15.2. The second-order valence-electron chi connectivity index (χ2n) is 5.70. The summed E-state index contributed by atoms with van der Waals surface area (Å²) >= 11 is 0.